The second kappa shape index (κ2) is 5.12. The molecule has 4 heteroatoms. The smallest absolute Gasteiger partial charge is 0.0931 e. The van der Waals surface area contributed by atoms with Crippen molar-refractivity contribution in [3.8, 4) is 0 Å². The van der Waals surface area contributed by atoms with Gasteiger partial charge in [-0.2, -0.15) is 0 Å². The van der Waals surface area contributed by atoms with Gasteiger partial charge >= 0.3 is 0 Å². The van der Waals surface area contributed by atoms with Gasteiger partial charge in [0, 0.05) is 23.4 Å². The first-order chi connectivity index (χ1) is 6.56. The summed E-state index contributed by atoms with van der Waals surface area (Å²) in [7, 11) is 0. The van der Waals surface area contributed by atoms with Gasteiger partial charge in [0.05, 0.1) is 4.34 Å². The van der Waals surface area contributed by atoms with Crippen LogP contribution in [0.3, 0.4) is 0 Å². The lowest BCUT2D eigenvalue weighted by molar-refractivity contribution is 0.167. The number of halogens is 1. The first-order valence-electron chi connectivity index (χ1n) is 4.68. The van der Waals surface area contributed by atoms with Gasteiger partial charge in [-0.1, -0.05) is 25.4 Å². The van der Waals surface area contributed by atoms with Crippen molar-refractivity contribution >= 4 is 22.9 Å². The fourth-order valence-electron chi connectivity index (χ4n) is 1.46. The summed E-state index contributed by atoms with van der Waals surface area (Å²) in [5, 5.41) is 9.23. The lowest BCUT2D eigenvalue weighted by atomic mass is 9.89. The quantitative estimate of drug-likeness (QED) is 0.840. The second-order valence-electron chi connectivity index (χ2n) is 3.76. The van der Waals surface area contributed by atoms with Gasteiger partial charge in [0.25, 0.3) is 0 Å². The molecule has 1 rings (SSSR count). The number of nitrogens with two attached hydrogens (primary N) is 1. The summed E-state index contributed by atoms with van der Waals surface area (Å²) in [4.78, 5) is 1.04. The Bertz CT molecular complexity index is 287. The van der Waals surface area contributed by atoms with Gasteiger partial charge in [-0.15, -0.1) is 11.3 Å². The van der Waals surface area contributed by atoms with Gasteiger partial charge < -0.3 is 10.8 Å². The molecular weight excluding hydrogens is 218 g/mol. The van der Waals surface area contributed by atoms with E-state index < -0.39 is 0 Å². The number of hydrogen-bond acceptors (Lipinski definition) is 3. The molecule has 0 aromatic carbocycles. The average Bonchev–Trinajstić information content (AvgIpc) is 2.52. The van der Waals surface area contributed by atoms with Crippen LogP contribution in [0.5, 0.6) is 0 Å². The van der Waals surface area contributed by atoms with Crippen LogP contribution in [0.2, 0.25) is 4.34 Å². The zero-order valence-corrected chi connectivity index (χ0v) is 9.98. The number of hydrogen-bond donors (Lipinski definition) is 2. The summed E-state index contributed by atoms with van der Waals surface area (Å²) >= 11 is 7.32. The first kappa shape index (κ1) is 12.0. The van der Waals surface area contributed by atoms with Crippen molar-refractivity contribution in [3.63, 3.8) is 0 Å². The maximum absolute atomic E-state index is 9.23. The van der Waals surface area contributed by atoms with Gasteiger partial charge in [-0.25, -0.2) is 0 Å². The molecule has 0 saturated heterocycles. The van der Waals surface area contributed by atoms with Crippen LogP contribution in [0.1, 0.15) is 24.8 Å². The molecule has 2 nitrogen and oxygen atoms in total. The summed E-state index contributed by atoms with van der Waals surface area (Å²) in [6, 6.07) is 3.66. The van der Waals surface area contributed by atoms with Crippen molar-refractivity contribution in [2.45, 2.75) is 19.9 Å². The Kier molecular flexibility index (Phi) is 4.38. The van der Waals surface area contributed by atoms with E-state index in [-0.39, 0.29) is 18.6 Å². The summed E-state index contributed by atoms with van der Waals surface area (Å²) in [5.74, 6) is 0.473. The zero-order chi connectivity index (χ0) is 10.7. The van der Waals surface area contributed by atoms with E-state index in [0.717, 1.165) is 9.21 Å². The largest absolute Gasteiger partial charge is 0.396 e. The molecule has 80 valence electrons. The Morgan fingerprint density at radius 3 is 2.50 bits per heavy atom. The molecule has 0 fully saturated rings. The van der Waals surface area contributed by atoms with Crippen LogP contribution in [-0.4, -0.2) is 11.7 Å². The van der Waals surface area contributed by atoms with Crippen molar-refractivity contribution in [3.05, 3.63) is 21.3 Å². The Morgan fingerprint density at radius 1 is 1.50 bits per heavy atom. The molecular formula is C10H16ClNOS. The van der Waals surface area contributed by atoms with Gasteiger partial charge in [0.15, 0.2) is 0 Å². The van der Waals surface area contributed by atoms with E-state index in [0.29, 0.717) is 5.92 Å². The minimum atomic E-state index is -0.113. The second-order valence-corrected chi connectivity index (χ2v) is 5.50. The molecule has 2 unspecified atom stereocenters. The van der Waals surface area contributed by atoms with Crippen LogP contribution in [0.4, 0.5) is 0 Å². The van der Waals surface area contributed by atoms with E-state index in [1.54, 1.807) is 0 Å². The Labute approximate surface area is 93.7 Å². The van der Waals surface area contributed by atoms with Crippen molar-refractivity contribution in [1.82, 2.24) is 0 Å². The molecule has 0 aliphatic carbocycles. The summed E-state index contributed by atoms with van der Waals surface area (Å²) in [6.07, 6.45) is 0. The van der Waals surface area contributed by atoms with Gasteiger partial charge in [0.2, 0.25) is 0 Å². The third kappa shape index (κ3) is 2.70. The standard InChI is InChI=1S/C10H16ClNOS/c1-6(2)7(5-13)10(12)8-3-4-9(11)14-8/h3-4,6-7,10,13H,5,12H2,1-2H3. The third-order valence-electron chi connectivity index (χ3n) is 2.45. The maximum Gasteiger partial charge on any atom is 0.0931 e. The molecule has 3 N–H and O–H groups in total. The highest BCUT2D eigenvalue weighted by molar-refractivity contribution is 7.16. The Hall–Kier alpha value is -0.0900. The summed E-state index contributed by atoms with van der Waals surface area (Å²) in [5.41, 5.74) is 6.06. The monoisotopic (exact) mass is 233 g/mol. The fraction of sp³-hybridized carbons (Fsp3) is 0.600. The maximum atomic E-state index is 9.23. The van der Waals surface area contributed by atoms with E-state index in [9.17, 15) is 5.11 Å². The minimum absolute atomic E-state index is 0.102. The molecule has 0 aliphatic heterocycles. The van der Waals surface area contributed by atoms with Crippen LogP contribution >= 0.6 is 22.9 Å². The SMILES string of the molecule is CC(C)C(CO)C(N)c1ccc(Cl)s1. The Balaban J connectivity index is 2.77. The fourth-order valence-corrected chi connectivity index (χ4v) is 2.60. The van der Waals surface area contributed by atoms with Crippen LogP contribution in [0.25, 0.3) is 0 Å². The normalized spacial score (nSPS) is 15.9. The van der Waals surface area contributed by atoms with Crippen LogP contribution in [0, 0.1) is 11.8 Å². The molecule has 1 aromatic heterocycles. The van der Waals surface area contributed by atoms with Crippen molar-refractivity contribution in [2.24, 2.45) is 17.6 Å². The van der Waals surface area contributed by atoms with Crippen LogP contribution < -0.4 is 5.73 Å². The molecule has 0 amide bonds. The van der Waals surface area contributed by atoms with E-state index in [4.69, 9.17) is 17.3 Å². The van der Waals surface area contributed by atoms with E-state index in [1.807, 2.05) is 12.1 Å². The van der Waals surface area contributed by atoms with Crippen molar-refractivity contribution in [2.75, 3.05) is 6.61 Å². The predicted molar refractivity (Wildman–Crippen MR) is 61.7 cm³/mol. The zero-order valence-electron chi connectivity index (χ0n) is 8.40. The van der Waals surface area contributed by atoms with Gasteiger partial charge in [-0.3, -0.25) is 0 Å². The lowest BCUT2D eigenvalue weighted by Crippen LogP contribution is -2.27. The first-order valence-corrected chi connectivity index (χ1v) is 5.87. The number of thiophene rings is 1. The van der Waals surface area contributed by atoms with Gasteiger partial charge in [-0.05, 0) is 18.1 Å². The molecule has 14 heavy (non-hydrogen) atoms. The summed E-state index contributed by atoms with van der Waals surface area (Å²) in [6.45, 7) is 4.25. The number of rotatable bonds is 4. The summed E-state index contributed by atoms with van der Waals surface area (Å²) < 4.78 is 0.746. The lowest BCUT2D eigenvalue weighted by Gasteiger charge is -2.24. The molecule has 0 bridgehead atoms. The average molecular weight is 234 g/mol. The molecule has 0 saturated carbocycles. The molecule has 0 radical (unpaired) electrons. The Morgan fingerprint density at radius 2 is 2.14 bits per heavy atom. The third-order valence-corrected chi connectivity index (χ3v) is 3.78. The highest BCUT2D eigenvalue weighted by atomic mass is 35.5. The molecule has 0 aliphatic rings. The van der Waals surface area contributed by atoms with Crippen LogP contribution in [0.15, 0.2) is 12.1 Å². The molecule has 1 heterocycles. The number of aliphatic hydroxyl groups is 1. The highest BCUT2D eigenvalue weighted by Crippen LogP contribution is 2.32. The highest BCUT2D eigenvalue weighted by Gasteiger charge is 2.23. The van der Waals surface area contributed by atoms with Crippen molar-refractivity contribution in [1.29, 1.82) is 0 Å². The molecule has 2 atom stereocenters. The predicted octanol–water partition coefficient (Wildman–Crippen LogP) is 2.67. The topological polar surface area (TPSA) is 46.2 Å². The molecule has 1 aromatic rings. The van der Waals surface area contributed by atoms with E-state index in [2.05, 4.69) is 13.8 Å². The van der Waals surface area contributed by atoms with Crippen molar-refractivity contribution < 1.29 is 5.11 Å². The van der Waals surface area contributed by atoms with E-state index >= 15 is 0 Å². The minimum Gasteiger partial charge on any atom is -0.396 e. The number of aliphatic hydroxyl groups excluding tert-OH is 1. The van der Waals surface area contributed by atoms with E-state index in [1.165, 1.54) is 11.3 Å². The van der Waals surface area contributed by atoms with Gasteiger partial charge in [0.1, 0.15) is 0 Å². The van der Waals surface area contributed by atoms with Crippen LogP contribution in [-0.2, 0) is 0 Å². The molecule has 0 spiro atoms.